The second-order valence-corrected chi connectivity index (χ2v) is 5.16. The summed E-state index contributed by atoms with van der Waals surface area (Å²) in [5.74, 6) is 0.00309. The molecule has 0 N–H and O–H groups in total. The molecule has 0 aliphatic carbocycles. The van der Waals surface area contributed by atoms with Gasteiger partial charge in [0, 0.05) is 26.8 Å². The van der Waals surface area contributed by atoms with E-state index in [9.17, 15) is 13.6 Å². The van der Waals surface area contributed by atoms with Crippen LogP contribution in [0.1, 0.15) is 22.8 Å². The van der Waals surface area contributed by atoms with Gasteiger partial charge in [-0.15, -0.1) is 0 Å². The summed E-state index contributed by atoms with van der Waals surface area (Å²) >= 11 is 0. The highest BCUT2D eigenvalue weighted by Gasteiger charge is 2.16. The van der Waals surface area contributed by atoms with Crippen LogP contribution in [0.3, 0.4) is 0 Å². The van der Waals surface area contributed by atoms with E-state index in [1.807, 2.05) is 0 Å². The molecule has 0 atom stereocenters. The summed E-state index contributed by atoms with van der Waals surface area (Å²) in [6, 6.07) is 4.62. The number of hydrogen-bond donors (Lipinski definition) is 0. The van der Waals surface area contributed by atoms with Crippen LogP contribution in [0.2, 0.25) is 0 Å². The number of alkyl halides is 2. The third-order valence-electron chi connectivity index (χ3n) is 3.24. The van der Waals surface area contributed by atoms with Crippen molar-refractivity contribution in [2.24, 2.45) is 7.05 Å². The second-order valence-electron chi connectivity index (χ2n) is 5.16. The number of carbonyl (C=O) groups is 1. The largest absolute Gasteiger partial charge is 0.490 e. The van der Waals surface area contributed by atoms with E-state index in [4.69, 9.17) is 4.74 Å². The minimum Gasteiger partial charge on any atom is -0.490 e. The Balaban J connectivity index is 2.13. The second kappa shape index (κ2) is 7.76. The molecule has 0 fully saturated rings. The van der Waals surface area contributed by atoms with E-state index in [0.29, 0.717) is 18.7 Å². The van der Waals surface area contributed by atoms with Gasteiger partial charge in [0.25, 0.3) is 5.91 Å². The quantitative estimate of drug-likeness (QED) is 0.778. The number of carbonyl (C=O) groups excluding carboxylic acids is 1. The van der Waals surface area contributed by atoms with Crippen LogP contribution in [0.25, 0.3) is 0 Å². The lowest BCUT2D eigenvalue weighted by molar-refractivity contribution is -0.0514. The van der Waals surface area contributed by atoms with Crippen molar-refractivity contribution in [3.8, 4) is 11.5 Å². The van der Waals surface area contributed by atoms with Crippen molar-refractivity contribution in [2.45, 2.75) is 20.1 Å². The van der Waals surface area contributed by atoms with Gasteiger partial charge in [-0.25, -0.2) is 0 Å². The van der Waals surface area contributed by atoms with Crippen molar-refractivity contribution in [1.29, 1.82) is 0 Å². The zero-order chi connectivity index (χ0) is 17.7. The minimum atomic E-state index is -2.93. The molecule has 0 aliphatic heterocycles. The highest BCUT2D eigenvalue weighted by Crippen LogP contribution is 2.30. The summed E-state index contributed by atoms with van der Waals surface area (Å²) < 4.78 is 36.1. The first-order chi connectivity index (χ1) is 11.4. The predicted molar refractivity (Wildman–Crippen MR) is 83.2 cm³/mol. The molecule has 8 heteroatoms. The molecule has 0 unspecified atom stereocenters. The molecule has 2 aromatic rings. The van der Waals surface area contributed by atoms with E-state index < -0.39 is 6.61 Å². The summed E-state index contributed by atoms with van der Waals surface area (Å²) in [5, 5.41) is 3.97. The van der Waals surface area contributed by atoms with E-state index in [0.717, 1.165) is 5.56 Å². The summed E-state index contributed by atoms with van der Waals surface area (Å²) in [4.78, 5) is 13.8. The number of aryl methyl sites for hydroxylation is 1. The van der Waals surface area contributed by atoms with Crippen LogP contribution in [0, 0.1) is 0 Å². The molecule has 0 saturated carbocycles. The first kappa shape index (κ1) is 17.7. The van der Waals surface area contributed by atoms with E-state index in [-0.39, 0.29) is 17.4 Å². The number of benzene rings is 1. The number of halogens is 2. The molecule has 2 rings (SSSR count). The summed E-state index contributed by atoms with van der Waals surface area (Å²) in [5.41, 5.74) is 1.21. The Bertz CT molecular complexity index is 704. The molecule has 0 aliphatic rings. The Kier molecular flexibility index (Phi) is 5.73. The van der Waals surface area contributed by atoms with Crippen LogP contribution in [0.4, 0.5) is 8.78 Å². The lowest BCUT2D eigenvalue weighted by Crippen LogP contribution is -2.25. The molecule has 6 nitrogen and oxygen atoms in total. The fourth-order valence-electron chi connectivity index (χ4n) is 2.21. The maximum atomic E-state index is 12.4. The number of ether oxygens (including phenoxy) is 2. The predicted octanol–water partition coefficient (Wildman–Crippen LogP) is 2.69. The summed E-state index contributed by atoms with van der Waals surface area (Å²) in [6.45, 7) is -0.572. The molecular formula is C16H19F2N3O3. The maximum absolute atomic E-state index is 12.4. The van der Waals surface area contributed by atoms with Gasteiger partial charge in [-0.05, 0) is 24.6 Å². The van der Waals surface area contributed by atoms with Crippen molar-refractivity contribution in [1.82, 2.24) is 14.7 Å². The molecule has 0 spiro atoms. The molecule has 0 bridgehead atoms. The van der Waals surface area contributed by atoms with Gasteiger partial charge in [0.15, 0.2) is 11.5 Å². The van der Waals surface area contributed by atoms with Gasteiger partial charge >= 0.3 is 6.61 Å². The normalized spacial score (nSPS) is 10.8. The van der Waals surface area contributed by atoms with Crippen LogP contribution in [0.5, 0.6) is 11.5 Å². The number of hydrogen-bond acceptors (Lipinski definition) is 4. The molecule has 0 saturated heterocycles. The van der Waals surface area contributed by atoms with Crippen molar-refractivity contribution >= 4 is 5.91 Å². The number of rotatable bonds is 7. The molecule has 1 heterocycles. The number of aromatic nitrogens is 2. The van der Waals surface area contributed by atoms with Crippen molar-refractivity contribution in [2.75, 3.05) is 13.7 Å². The Hall–Kier alpha value is -2.64. The Morgan fingerprint density at radius 2 is 2.12 bits per heavy atom. The summed E-state index contributed by atoms with van der Waals surface area (Å²) in [7, 11) is 3.38. The van der Waals surface area contributed by atoms with E-state index in [1.165, 1.54) is 17.2 Å². The van der Waals surface area contributed by atoms with Gasteiger partial charge in [-0.2, -0.15) is 13.9 Å². The third kappa shape index (κ3) is 4.43. The molecule has 0 radical (unpaired) electrons. The van der Waals surface area contributed by atoms with Crippen molar-refractivity contribution in [3.63, 3.8) is 0 Å². The fourth-order valence-corrected chi connectivity index (χ4v) is 2.21. The lowest BCUT2D eigenvalue weighted by Gasteiger charge is -2.18. The monoisotopic (exact) mass is 339 g/mol. The Labute approximate surface area is 138 Å². The van der Waals surface area contributed by atoms with Gasteiger partial charge in [-0.1, -0.05) is 6.07 Å². The van der Waals surface area contributed by atoms with Gasteiger partial charge in [0.05, 0.1) is 18.4 Å². The fraction of sp³-hybridized carbons (Fsp3) is 0.375. The first-order valence-electron chi connectivity index (χ1n) is 7.35. The lowest BCUT2D eigenvalue weighted by atomic mass is 10.2. The number of amides is 1. The Morgan fingerprint density at radius 3 is 2.71 bits per heavy atom. The first-order valence-corrected chi connectivity index (χ1v) is 7.35. The highest BCUT2D eigenvalue weighted by atomic mass is 19.3. The average Bonchev–Trinajstić information content (AvgIpc) is 2.95. The topological polar surface area (TPSA) is 56.6 Å². The van der Waals surface area contributed by atoms with E-state index in [2.05, 4.69) is 9.84 Å². The Morgan fingerprint density at radius 1 is 1.38 bits per heavy atom. The van der Waals surface area contributed by atoms with Gasteiger partial charge in [0.1, 0.15) is 0 Å². The SMILES string of the molecule is CCOc1cc(CN(C)C(=O)c2cnn(C)c2)ccc1OC(F)F. The van der Waals surface area contributed by atoms with E-state index in [1.54, 1.807) is 44.0 Å². The van der Waals surface area contributed by atoms with E-state index >= 15 is 0 Å². The number of nitrogens with zero attached hydrogens (tertiary/aromatic N) is 3. The van der Waals surface area contributed by atoms with Gasteiger partial charge in [-0.3, -0.25) is 9.48 Å². The standard InChI is InChI=1S/C16H19F2N3O3/c1-4-23-14-7-11(5-6-13(14)24-16(17)18)9-20(2)15(22)12-8-19-21(3)10-12/h5-8,10,16H,4,9H2,1-3H3. The molecule has 1 amide bonds. The molecular weight excluding hydrogens is 320 g/mol. The van der Waals surface area contributed by atoms with Crippen LogP contribution < -0.4 is 9.47 Å². The van der Waals surface area contributed by atoms with Crippen molar-refractivity contribution in [3.05, 3.63) is 41.7 Å². The van der Waals surface area contributed by atoms with Crippen LogP contribution in [0.15, 0.2) is 30.6 Å². The molecule has 24 heavy (non-hydrogen) atoms. The van der Waals surface area contributed by atoms with Crippen LogP contribution in [-0.2, 0) is 13.6 Å². The molecule has 1 aromatic carbocycles. The van der Waals surface area contributed by atoms with Crippen LogP contribution in [-0.4, -0.2) is 40.9 Å². The highest BCUT2D eigenvalue weighted by molar-refractivity contribution is 5.93. The minimum absolute atomic E-state index is 0.0307. The maximum Gasteiger partial charge on any atom is 0.387 e. The van der Waals surface area contributed by atoms with Crippen molar-refractivity contribution < 1.29 is 23.0 Å². The smallest absolute Gasteiger partial charge is 0.387 e. The molecule has 1 aromatic heterocycles. The van der Waals surface area contributed by atoms with Gasteiger partial charge in [0.2, 0.25) is 0 Å². The molecule has 130 valence electrons. The van der Waals surface area contributed by atoms with Gasteiger partial charge < -0.3 is 14.4 Å². The van der Waals surface area contributed by atoms with Crippen LogP contribution >= 0.6 is 0 Å². The zero-order valence-electron chi connectivity index (χ0n) is 13.7. The zero-order valence-corrected chi connectivity index (χ0v) is 13.7. The summed E-state index contributed by atoms with van der Waals surface area (Å²) in [6.07, 6.45) is 3.12. The third-order valence-corrected chi connectivity index (χ3v) is 3.24. The average molecular weight is 339 g/mol.